The summed E-state index contributed by atoms with van der Waals surface area (Å²) in [5, 5.41) is 18.3. The van der Waals surface area contributed by atoms with E-state index >= 15 is 0 Å². The summed E-state index contributed by atoms with van der Waals surface area (Å²) in [6.07, 6.45) is 0. The van der Waals surface area contributed by atoms with Gasteiger partial charge in [-0.15, -0.1) is 0 Å². The van der Waals surface area contributed by atoms with Crippen molar-refractivity contribution in [1.29, 1.82) is 0 Å². The number of carbonyl (C=O) groups is 2. The van der Waals surface area contributed by atoms with E-state index in [2.05, 4.69) is 0 Å². The largest absolute Gasteiger partial charge is 0.507 e. The van der Waals surface area contributed by atoms with Crippen molar-refractivity contribution in [1.82, 2.24) is 0 Å². The second kappa shape index (κ2) is 3.69. The van der Waals surface area contributed by atoms with Gasteiger partial charge in [-0.25, -0.2) is 4.79 Å². The molecule has 2 rings (SSSR count). The molecule has 0 bridgehead atoms. The lowest BCUT2D eigenvalue weighted by atomic mass is 10.0. The van der Waals surface area contributed by atoms with Crippen LogP contribution in [-0.2, 0) is 9.59 Å². The van der Waals surface area contributed by atoms with Crippen LogP contribution >= 0.6 is 0 Å². The summed E-state index contributed by atoms with van der Waals surface area (Å²) in [6.45, 7) is -0.228. The fraction of sp³-hybridized carbons (Fsp3) is 0.0909. The number of benzene rings is 1. The first-order valence-electron chi connectivity index (χ1n) is 4.53. The van der Waals surface area contributed by atoms with Gasteiger partial charge in [0.2, 0.25) is 0 Å². The fourth-order valence-corrected chi connectivity index (χ4v) is 1.47. The van der Waals surface area contributed by atoms with Gasteiger partial charge < -0.3 is 14.9 Å². The van der Waals surface area contributed by atoms with Crippen molar-refractivity contribution in [2.24, 2.45) is 0 Å². The summed E-state index contributed by atoms with van der Waals surface area (Å²) in [6, 6.07) is 6.56. The molecular formula is C11H8O5. The molecule has 1 aliphatic heterocycles. The van der Waals surface area contributed by atoms with Gasteiger partial charge in [0, 0.05) is 0 Å². The second-order valence-electron chi connectivity index (χ2n) is 3.25. The molecule has 0 amide bonds. The molecule has 82 valence electrons. The molecule has 5 heteroatoms. The number of ketones is 1. The Morgan fingerprint density at radius 2 is 1.94 bits per heavy atom. The average molecular weight is 220 g/mol. The first-order valence-corrected chi connectivity index (χ1v) is 4.53. The minimum Gasteiger partial charge on any atom is -0.507 e. The van der Waals surface area contributed by atoms with Crippen LogP contribution in [-0.4, -0.2) is 28.6 Å². The van der Waals surface area contributed by atoms with E-state index in [4.69, 9.17) is 9.84 Å². The van der Waals surface area contributed by atoms with Crippen molar-refractivity contribution in [3.05, 3.63) is 35.4 Å². The third kappa shape index (κ3) is 1.52. The molecule has 0 unspecified atom stereocenters. The maximum Gasteiger partial charge on any atom is 0.377 e. The Morgan fingerprint density at radius 3 is 2.62 bits per heavy atom. The van der Waals surface area contributed by atoms with E-state index in [0.29, 0.717) is 11.3 Å². The fourth-order valence-electron chi connectivity index (χ4n) is 1.47. The molecule has 0 aliphatic carbocycles. The van der Waals surface area contributed by atoms with E-state index in [0.717, 1.165) is 0 Å². The van der Waals surface area contributed by atoms with E-state index in [1.54, 1.807) is 24.3 Å². The Morgan fingerprint density at radius 1 is 1.25 bits per heavy atom. The first-order chi connectivity index (χ1) is 7.61. The first kappa shape index (κ1) is 10.2. The van der Waals surface area contributed by atoms with Gasteiger partial charge in [0.05, 0.1) is 11.1 Å². The molecule has 2 N–H and O–H groups in total. The van der Waals surface area contributed by atoms with Crippen molar-refractivity contribution < 1.29 is 24.5 Å². The molecule has 0 atom stereocenters. The summed E-state index contributed by atoms with van der Waals surface area (Å²) < 4.78 is 5.18. The van der Waals surface area contributed by atoms with Gasteiger partial charge in [-0.1, -0.05) is 12.1 Å². The summed E-state index contributed by atoms with van der Waals surface area (Å²) >= 11 is 0. The number of Topliss-reactive ketones (excluding diaryl/α,β-unsaturated/α-hetero) is 1. The summed E-state index contributed by atoms with van der Waals surface area (Å²) in [5.74, 6) is -2.65. The monoisotopic (exact) mass is 220 g/mol. The molecular weight excluding hydrogens is 212 g/mol. The molecule has 1 aromatic rings. The highest BCUT2D eigenvalue weighted by atomic mass is 16.5. The Kier molecular flexibility index (Phi) is 2.36. The number of hydrogen-bond acceptors (Lipinski definition) is 4. The zero-order valence-corrected chi connectivity index (χ0v) is 8.14. The number of aliphatic hydroxyl groups excluding tert-OH is 1. The summed E-state index contributed by atoms with van der Waals surface area (Å²) in [7, 11) is 0. The molecule has 1 heterocycles. The van der Waals surface area contributed by atoms with Gasteiger partial charge in [0.15, 0.2) is 0 Å². The maximum absolute atomic E-state index is 11.2. The lowest BCUT2D eigenvalue weighted by Crippen LogP contribution is -2.23. The van der Waals surface area contributed by atoms with Crippen LogP contribution in [0.15, 0.2) is 29.8 Å². The number of fused-ring (bicyclic) bond motifs is 1. The number of ether oxygens (including phenoxy) is 1. The molecule has 0 saturated carbocycles. The number of aliphatic carboxylic acids is 1. The van der Waals surface area contributed by atoms with Crippen LogP contribution in [0.2, 0.25) is 0 Å². The van der Waals surface area contributed by atoms with Crippen LogP contribution in [0.4, 0.5) is 0 Å². The summed E-state index contributed by atoms with van der Waals surface area (Å²) in [5.41, 5.74) is 0.101. The van der Waals surface area contributed by atoms with E-state index in [9.17, 15) is 14.7 Å². The van der Waals surface area contributed by atoms with Gasteiger partial charge in [0.25, 0.3) is 5.78 Å². The maximum atomic E-state index is 11.2. The number of carboxylic acid groups (broad SMARTS) is 1. The van der Waals surface area contributed by atoms with Crippen LogP contribution in [0.1, 0.15) is 5.56 Å². The zero-order chi connectivity index (χ0) is 11.7. The minimum atomic E-state index is -1.61. The lowest BCUT2D eigenvalue weighted by molar-refractivity contribution is -0.147. The van der Waals surface area contributed by atoms with Crippen LogP contribution < -0.4 is 4.74 Å². The highest BCUT2D eigenvalue weighted by Gasteiger charge is 2.28. The number of aliphatic hydroxyl groups is 1. The smallest absolute Gasteiger partial charge is 0.377 e. The van der Waals surface area contributed by atoms with Crippen molar-refractivity contribution in [2.75, 3.05) is 6.61 Å². The normalized spacial score (nSPS) is 14.0. The molecule has 0 fully saturated rings. The van der Waals surface area contributed by atoms with Gasteiger partial charge >= 0.3 is 5.97 Å². The van der Waals surface area contributed by atoms with Crippen LogP contribution in [0, 0.1) is 0 Å². The van der Waals surface area contributed by atoms with E-state index < -0.39 is 11.8 Å². The molecule has 5 nitrogen and oxygen atoms in total. The predicted molar refractivity (Wildman–Crippen MR) is 54.1 cm³/mol. The van der Waals surface area contributed by atoms with E-state index in [-0.39, 0.29) is 17.9 Å². The van der Waals surface area contributed by atoms with Crippen LogP contribution in [0.5, 0.6) is 5.75 Å². The molecule has 1 aliphatic rings. The molecule has 0 aromatic heterocycles. The quantitative estimate of drug-likeness (QED) is 0.726. The topological polar surface area (TPSA) is 83.8 Å². The Labute approximate surface area is 90.6 Å². The van der Waals surface area contributed by atoms with Gasteiger partial charge in [-0.3, -0.25) is 4.79 Å². The molecule has 1 aromatic carbocycles. The Bertz CT molecular complexity index is 501. The third-order valence-electron chi connectivity index (χ3n) is 2.27. The zero-order valence-electron chi connectivity index (χ0n) is 8.14. The van der Waals surface area contributed by atoms with E-state index in [1.807, 2.05) is 0 Å². The van der Waals surface area contributed by atoms with Crippen LogP contribution in [0.25, 0.3) is 5.76 Å². The van der Waals surface area contributed by atoms with Crippen molar-refractivity contribution in [2.45, 2.75) is 0 Å². The standard InChI is InChI=1S/C11H8O5/c12-9-6-3-1-2-4-8(6)16-5-7(9)10(13)11(14)15/h1-4,12H,5H2,(H,14,15). The van der Waals surface area contributed by atoms with Crippen LogP contribution in [0.3, 0.4) is 0 Å². The van der Waals surface area contributed by atoms with Crippen molar-refractivity contribution >= 4 is 17.5 Å². The number of hydrogen-bond donors (Lipinski definition) is 2. The van der Waals surface area contributed by atoms with Crippen molar-refractivity contribution in [3.63, 3.8) is 0 Å². The SMILES string of the molecule is O=C(O)C(=O)C1=C(O)c2ccccc2OC1. The number of carbonyl (C=O) groups excluding carboxylic acids is 1. The average Bonchev–Trinajstić information content (AvgIpc) is 2.29. The third-order valence-corrected chi connectivity index (χ3v) is 2.27. The molecule has 0 spiro atoms. The number of para-hydroxylation sites is 1. The minimum absolute atomic E-state index is 0.228. The lowest BCUT2D eigenvalue weighted by Gasteiger charge is -2.18. The highest BCUT2D eigenvalue weighted by molar-refractivity contribution is 6.41. The highest BCUT2D eigenvalue weighted by Crippen LogP contribution is 2.31. The molecule has 0 radical (unpaired) electrons. The Balaban J connectivity index is 2.51. The van der Waals surface area contributed by atoms with E-state index in [1.165, 1.54) is 0 Å². The second-order valence-corrected chi connectivity index (χ2v) is 3.25. The van der Waals surface area contributed by atoms with Gasteiger partial charge in [0.1, 0.15) is 18.1 Å². The molecule has 0 saturated heterocycles. The number of carboxylic acids is 1. The Hall–Kier alpha value is -2.30. The summed E-state index contributed by atoms with van der Waals surface area (Å²) in [4.78, 5) is 21.7. The number of rotatable bonds is 2. The van der Waals surface area contributed by atoms with Gasteiger partial charge in [-0.05, 0) is 12.1 Å². The van der Waals surface area contributed by atoms with Crippen molar-refractivity contribution in [3.8, 4) is 5.75 Å². The van der Waals surface area contributed by atoms with Gasteiger partial charge in [-0.2, -0.15) is 0 Å². The predicted octanol–water partition coefficient (Wildman–Crippen LogP) is 1.00. The molecule has 16 heavy (non-hydrogen) atoms.